The Morgan fingerprint density at radius 1 is 1.50 bits per heavy atom. The monoisotopic (exact) mass is 196 g/mol. The van der Waals surface area contributed by atoms with Crippen LogP contribution in [0.2, 0.25) is 0 Å². The second kappa shape index (κ2) is 4.13. The van der Waals surface area contributed by atoms with Gasteiger partial charge in [-0.15, -0.1) is 0 Å². The zero-order chi connectivity index (χ0) is 10.8. The van der Waals surface area contributed by atoms with Gasteiger partial charge in [-0.05, 0) is 39.9 Å². The fourth-order valence-corrected chi connectivity index (χ4v) is 1.74. The molecular weight excluding hydrogens is 176 g/mol. The summed E-state index contributed by atoms with van der Waals surface area (Å²) in [5.74, 6) is 0.109. The minimum Gasteiger partial charge on any atom is -0.340 e. The Morgan fingerprint density at radius 3 is 2.71 bits per heavy atom. The average molecular weight is 196 g/mol. The van der Waals surface area contributed by atoms with Crippen molar-refractivity contribution >= 4 is 5.91 Å². The van der Waals surface area contributed by atoms with Crippen molar-refractivity contribution < 1.29 is 4.79 Å². The molecule has 1 rings (SSSR count). The molecule has 0 aromatic heterocycles. The molecule has 0 aromatic rings. The van der Waals surface area contributed by atoms with Crippen LogP contribution in [-0.2, 0) is 4.79 Å². The number of nitrogens with zero attached hydrogens (tertiary/aromatic N) is 2. The molecule has 0 spiro atoms. The molecule has 1 atom stereocenters. The molecule has 0 aliphatic carbocycles. The van der Waals surface area contributed by atoms with Crippen molar-refractivity contribution in [2.75, 3.05) is 27.7 Å². The molecule has 0 radical (unpaired) electrons. The number of hydrogen-bond donors (Lipinski definition) is 0. The van der Waals surface area contributed by atoms with Crippen LogP contribution in [0.15, 0.2) is 12.2 Å². The molecule has 0 saturated heterocycles. The number of allylic oxidation sites excluding steroid dienone is 1. The van der Waals surface area contributed by atoms with Gasteiger partial charge in [-0.3, -0.25) is 4.79 Å². The molecule has 0 N–H and O–H groups in total. The van der Waals surface area contributed by atoms with Crippen LogP contribution in [0.4, 0.5) is 0 Å². The summed E-state index contributed by atoms with van der Waals surface area (Å²) >= 11 is 0. The lowest BCUT2D eigenvalue weighted by atomic mass is 9.92. The van der Waals surface area contributed by atoms with E-state index in [1.807, 2.05) is 13.1 Å². The van der Waals surface area contributed by atoms with E-state index in [0.29, 0.717) is 0 Å². The molecule has 1 heterocycles. The van der Waals surface area contributed by atoms with Crippen LogP contribution >= 0.6 is 0 Å². The average Bonchev–Trinajstić information content (AvgIpc) is 2.10. The molecule has 1 aliphatic heterocycles. The highest BCUT2D eigenvalue weighted by atomic mass is 16.2. The maximum absolute atomic E-state index is 11.5. The fourth-order valence-electron chi connectivity index (χ4n) is 1.74. The third-order valence-electron chi connectivity index (χ3n) is 3.14. The summed E-state index contributed by atoms with van der Waals surface area (Å²) in [7, 11) is 6.01. The quantitative estimate of drug-likeness (QED) is 0.627. The fraction of sp³-hybridized carbons (Fsp3) is 0.727. The van der Waals surface area contributed by atoms with Crippen molar-refractivity contribution in [1.29, 1.82) is 0 Å². The van der Waals surface area contributed by atoms with Gasteiger partial charge in [0.25, 0.3) is 0 Å². The van der Waals surface area contributed by atoms with Crippen LogP contribution in [0.1, 0.15) is 19.8 Å². The van der Waals surface area contributed by atoms with Crippen LogP contribution in [0.3, 0.4) is 0 Å². The molecule has 3 heteroatoms. The van der Waals surface area contributed by atoms with E-state index in [1.54, 1.807) is 11.0 Å². The predicted octanol–water partition coefficient (Wildman–Crippen LogP) is 1.12. The van der Waals surface area contributed by atoms with Crippen molar-refractivity contribution in [3.63, 3.8) is 0 Å². The molecule has 0 fully saturated rings. The third-order valence-corrected chi connectivity index (χ3v) is 3.14. The van der Waals surface area contributed by atoms with E-state index in [4.69, 9.17) is 0 Å². The maximum Gasteiger partial charge on any atom is 0.246 e. The number of likely N-dealkylation sites (N-methyl/N-ethyl adjacent to an activating group) is 2. The summed E-state index contributed by atoms with van der Waals surface area (Å²) in [4.78, 5) is 15.5. The summed E-state index contributed by atoms with van der Waals surface area (Å²) in [6.45, 7) is 3.00. The Bertz CT molecular complexity index is 248. The van der Waals surface area contributed by atoms with Crippen LogP contribution in [0.25, 0.3) is 0 Å². The molecule has 1 amide bonds. The van der Waals surface area contributed by atoms with E-state index in [0.717, 1.165) is 19.4 Å². The summed E-state index contributed by atoms with van der Waals surface area (Å²) in [6.07, 6.45) is 5.72. The van der Waals surface area contributed by atoms with Crippen molar-refractivity contribution in [3.05, 3.63) is 12.2 Å². The van der Waals surface area contributed by atoms with Gasteiger partial charge in [-0.1, -0.05) is 6.08 Å². The molecule has 0 aromatic carbocycles. The summed E-state index contributed by atoms with van der Waals surface area (Å²) < 4.78 is 0. The van der Waals surface area contributed by atoms with Gasteiger partial charge in [0.05, 0.1) is 0 Å². The maximum atomic E-state index is 11.5. The zero-order valence-corrected chi connectivity index (χ0v) is 9.58. The van der Waals surface area contributed by atoms with Crippen molar-refractivity contribution in [3.8, 4) is 0 Å². The van der Waals surface area contributed by atoms with Gasteiger partial charge in [-0.2, -0.15) is 0 Å². The van der Waals surface area contributed by atoms with E-state index in [1.165, 1.54) is 0 Å². The Balaban J connectivity index is 2.82. The molecule has 14 heavy (non-hydrogen) atoms. The van der Waals surface area contributed by atoms with E-state index in [9.17, 15) is 4.79 Å². The van der Waals surface area contributed by atoms with Crippen LogP contribution in [-0.4, -0.2) is 48.9 Å². The van der Waals surface area contributed by atoms with E-state index in [2.05, 4.69) is 25.9 Å². The first kappa shape index (κ1) is 11.2. The van der Waals surface area contributed by atoms with Crippen molar-refractivity contribution in [1.82, 2.24) is 9.80 Å². The van der Waals surface area contributed by atoms with Gasteiger partial charge >= 0.3 is 0 Å². The van der Waals surface area contributed by atoms with Crippen LogP contribution in [0.5, 0.6) is 0 Å². The Kier molecular flexibility index (Phi) is 3.32. The smallest absolute Gasteiger partial charge is 0.246 e. The van der Waals surface area contributed by atoms with Gasteiger partial charge in [0, 0.05) is 19.1 Å². The molecule has 3 nitrogen and oxygen atoms in total. The van der Waals surface area contributed by atoms with Crippen molar-refractivity contribution in [2.24, 2.45) is 0 Å². The third kappa shape index (κ3) is 2.35. The number of carbonyl (C=O) groups is 1. The Labute approximate surface area is 86.4 Å². The Hall–Kier alpha value is -0.830. The molecule has 0 bridgehead atoms. The minimum absolute atomic E-state index is 0.0924. The van der Waals surface area contributed by atoms with Gasteiger partial charge in [0.15, 0.2) is 0 Å². The highest BCUT2D eigenvalue weighted by Crippen LogP contribution is 2.21. The lowest BCUT2D eigenvalue weighted by Crippen LogP contribution is -2.51. The standard InChI is InChI=1S/C11H20N2O/c1-11(12(2)3)8-6-5-7-10(14)13(4)9-11/h5,7H,6,8-9H2,1-4H3/b7-5-. The zero-order valence-electron chi connectivity index (χ0n) is 9.58. The Morgan fingerprint density at radius 2 is 2.14 bits per heavy atom. The molecular formula is C11H20N2O. The SMILES string of the molecule is CN1CC(C)(N(C)C)CC/C=C\C1=O. The lowest BCUT2D eigenvalue weighted by Gasteiger charge is -2.40. The molecule has 80 valence electrons. The second-order valence-corrected chi connectivity index (χ2v) is 4.53. The lowest BCUT2D eigenvalue weighted by molar-refractivity contribution is -0.126. The number of amides is 1. The highest BCUT2D eigenvalue weighted by molar-refractivity contribution is 5.87. The second-order valence-electron chi connectivity index (χ2n) is 4.53. The summed E-state index contributed by atoms with van der Waals surface area (Å²) in [5, 5.41) is 0. The van der Waals surface area contributed by atoms with E-state index < -0.39 is 0 Å². The molecule has 1 unspecified atom stereocenters. The van der Waals surface area contributed by atoms with Crippen LogP contribution < -0.4 is 0 Å². The largest absolute Gasteiger partial charge is 0.340 e. The summed E-state index contributed by atoms with van der Waals surface area (Å²) in [5.41, 5.74) is 0.0924. The van der Waals surface area contributed by atoms with Crippen LogP contribution in [0, 0.1) is 0 Å². The number of hydrogen-bond acceptors (Lipinski definition) is 2. The van der Waals surface area contributed by atoms with Gasteiger partial charge in [-0.25, -0.2) is 0 Å². The topological polar surface area (TPSA) is 23.6 Å². The normalized spacial score (nSPS) is 31.5. The van der Waals surface area contributed by atoms with Gasteiger partial charge in [0.2, 0.25) is 5.91 Å². The molecule has 1 aliphatic rings. The van der Waals surface area contributed by atoms with E-state index >= 15 is 0 Å². The van der Waals surface area contributed by atoms with Gasteiger partial charge in [0.1, 0.15) is 0 Å². The van der Waals surface area contributed by atoms with E-state index in [-0.39, 0.29) is 11.4 Å². The predicted molar refractivity (Wildman–Crippen MR) is 58.1 cm³/mol. The summed E-state index contributed by atoms with van der Waals surface area (Å²) in [6, 6.07) is 0. The first-order chi connectivity index (χ1) is 6.46. The molecule has 0 saturated carbocycles. The number of rotatable bonds is 1. The minimum atomic E-state index is 0.0924. The first-order valence-electron chi connectivity index (χ1n) is 5.05. The van der Waals surface area contributed by atoms with Crippen molar-refractivity contribution in [2.45, 2.75) is 25.3 Å². The van der Waals surface area contributed by atoms with Gasteiger partial charge < -0.3 is 9.80 Å². The first-order valence-corrected chi connectivity index (χ1v) is 5.05. The highest BCUT2D eigenvalue weighted by Gasteiger charge is 2.29. The number of carbonyl (C=O) groups excluding carboxylic acids is 1.